The van der Waals surface area contributed by atoms with Crippen molar-refractivity contribution in [3.8, 4) is 0 Å². The topological polar surface area (TPSA) is 46.6 Å². The molecule has 0 bridgehead atoms. The van der Waals surface area contributed by atoms with Crippen LogP contribution in [0.4, 0.5) is 5.82 Å². The first-order valence-corrected chi connectivity index (χ1v) is 8.52. The number of fused-ring (bicyclic) bond motifs is 1. The summed E-state index contributed by atoms with van der Waals surface area (Å²) in [6, 6.07) is 0.163. The lowest BCUT2D eigenvalue weighted by atomic mass is 9.85. The van der Waals surface area contributed by atoms with Crippen LogP contribution in [0.3, 0.4) is 0 Å². The summed E-state index contributed by atoms with van der Waals surface area (Å²) in [4.78, 5) is 8.39. The first-order chi connectivity index (χ1) is 9.69. The van der Waals surface area contributed by atoms with Crippen molar-refractivity contribution in [1.82, 2.24) is 9.38 Å². The molecule has 0 spiro atoms. The first kappa shape index (κ1) is 13.9. The number of thiazole rings is 1. The molecule has 3 rings (SSSR count). The maximum absolute atomic E-state index is 6.04. The zero-order chi connectivity index (χ0) is 14.1. The van der Waals surface area contributed by atoms with Crippen LogP contribution >= 0.6 is 11.3 Å². The molecule has 2 aromatic rings. The molecule has 2 heterocycles. The standard InChI is InChI=1S/C15H24N4S/c1-3-18(10-12-5-4-6-12)14-13(9-11(2)16)19-7-8-20-15(19)17-14/h7-8,11-12H,3-6,9-10,16H2,1-2H3. The largest absolute Gasteiger partial charge is 0.355 e. The van der Waals surface area contributed by atoms with E-state index in [1.807, 2.05) is 0 Å². The Balaban J connectivity index is 1.92. The highest BCUT2D eigenvalue weighted by Gasteiger charge is 2.24. The van der Waals surface area contributed by atoms with Crippen LogP contribution in [0.2, 0.25) is 0 Å². The van der Waals surface area contributed by atoms with E-state index in [4.69, 9.17) is 10.7 Å². The summed E-state index contributed by atoms with van der Waals surface area (Å²) in [7, 11) is 0. The summed E-state index contributed by atoms with van der Waals surface area (Å²) in [5.74, 6) is 2.02. The average molecular weight is 292 g/mol. The zero-order valence-electron chi connectivity index (χ0n) is 12.4. The predicted octanol–water partition coefficient (Wildman–Crippen LogP) is 2.91. The van der Waals surface area contributed by atoms with Crippen LogP contribution in [0, 0.1) is 5.92 Å². The highest BCUT2D eigenvalue weighted by molar-refractivity contribution is 7.15. The summed E-state index contributed by atoms with van der Waals surface area (Å²) in [6.07, 6.45) is 7.15. The van der Waals surface area contributed by atoms with E-state index < -0.39 is 0 Å². The van der Waals surface area contributed by atoms with Crippen LogP contribution in [0.5, 0.6) is 0 Å². The van der Waals surface area contributed by atoms with Gasteiger partial charge in [-0.05, 0) is 32.6 Å². The summed E-state index contributed by atoms with van der Waals surface area (Å²) < 4.78 is 2.22. The molecule has 5 heteroatoms. The van der Waals surface area contributed by atoms with Gasteiger partial charge in [-0.15, -0.1) is 11.3 Å². The Labute approximate surface area is 124 Å². The van der Waals surface area contributed by atoms with E-state index >= 15 is 0 Å². The Bertz CT molecular complexity index is 567. The molecule has 0 aromatic carbocycles. The highest BCUT2D eigenvalue weighted by Crippen LogP contribution is 2.31. The van der Waals surface area contributed by atoms with Gasteiger partial charge in [0.1, 0.15) is 0 Å². The van der Waals surface area contributed by atoms with Crippen molar-refractivity contribution in [1.29, 1.82) is 0 Å². The molecule has 2 N–H and O–H groups in total. The van der Waals surface area contributed by atoms with Crippen LogP contribution < -0.4 is 10.6 Å². The van der Waals surface area contributed by atoms with Crippen molar-refractivity contribution in [3.63, 3.8) is 0 Å². The van der Waals surface area contributed by atoms with E-state index in [9.17, 15) is 0 Å². The molecule has 0 radical (unpaired) electrons. The van der Waals surface area contributed by atoms with Gasteiger partial charge in [0.05, 0.1) is 5.69 Å². The Morgan fingerprint density at radius 2 is 2.35 bits per heavy atom. The third-order valence-electron chi connectivity index (χ3n) is 4.24. The molecule has 1 unspecified atom stereocenters. The van der Waals surface area contributed by atoms with Crippen molar-refractivity contribution in [2.75, 3.05) is 18.0 Å². The lowest BCUT2D eigenvalue weighted by molar-refractivity contribution is 0.318. The van der Waals surface area contributed by atoms with E-state index in [1.165, 1.54) is 25.0 Å². The normalized spacial score (nSPS) is 17.4. The zero-order valence-corrected chi connectivity index (χ0v) is 13.2. The second-order valence-corrected chi connectivity index (χ2v) is 6.83. The third kappa shape index (κ3) is 2.56. The second-order valence-electron chi connectivity index (χ2n) is 5.95. The Morgan fingerprint density at radius 1 is 1.55 bits per heavy atom. The smallest absolute Gasteiger partial charge is 0.195 e. The number of hydrogen-bond acceptors (Lipinski definition) is 4. The minimum Gasteiger partial charge on any atom is -0.355 e. The molecule has 4 nitrogen and oxygen atoms in total. The minimum absolute atomic E-state index is 0.163. The highest BCUT2D eigenvalue weighted by atomic mass is 32.1. The molecule has 20 heavy (non-hydrogen) atoms. The third-order valence-corrected chi connectivity index (χ3v) is 5.00. The minimum atomic E-state index is 0.163. The Morgan fingerprint density at radius 3 is 2.95 bits per heavy atom. The molecule has 110 valence electrons. The van der Waals surface area contributed by atoms with Crippen LogP contribution in [0.25, 0.3) is 4.96 Å². The fourth-order valence-corrected chi connectivity index (χ4v) is 3.65. The van der Waals surface area contributed by atoms with Crippen LogP contribution in [0.1, 0.15) is 38.8 Å². The lowest BCUT2D eigenvalue weighted by Crippen LogP contribution is -2.33. The van der Waals surface area contributed by atoms with E-state index in [2.05, 4.69) is 34.7 Å². The Hall–Kier alpha value is -1.07. The van der Waals surface area contributed by atoms with Gasteiger partial charge in [-0.3, -0.25) is 4.40 Å². The maximum atomic E-state index is 6.04. The van der Waals surface area contributed by atoms with Gasteiger partial charge in [0.2, 0.25) is 0 Å². The fourth-order valence-electron chi connectivity index (χ4n) is 2.92. The van der Waals surface area contributed by atoms with Crippen molar-refractivity contribution in [3.05, 3.63) is 17.3 Å². The SMILES string of the molecule is CCN(CC1CCC1)c1nc2sccn2c1CC(C)N. The van der Waals surface area contributed by atoms with E-state index in [-0.39, 0.29) is 6.04 Å². The molecule has 1 fully saturated rings. The number of rotatable bonds is 6. The van der Waals surface area contributed by atoms with Crippen molar-refractivity contribution >= 4 is 22.1 Å². The quantitative estimate of drug-likeness (QED) is 0.890. The first-order valence-electron chi connectivity index (χ1n) is 7.64. The summed E-state index contributed by atoms with van der Waals surface area (Å²) >= 11 is 1.70. The molecule has 0 aliphatic heterocycles. The van der Waals surface area contributed by atoms with E-state index in [1.54, 1.807) is 11.3 Å². The summed E-state index contributed by atoms with van der Waals surface area (Å²) in [5.41, 5.74) is 7.31. The Kier molecular flexibility index (Phi) is 3.98. The monoisotopic (exact) mass is 292 g/mol. The number of nitrogens with two attached hydrogens (primary N) is 1. The lowest BCUT2D eigenvalue weighted by Gasteiger charge is -2.32. The van der Waals surface area contributed by atoms with Gasteiger partial charge >= 0.3 is 0 Å². The van der Waals surface area contributed by atoms with Gasteiger partial charge in [-0.2, -0.15) is 0 Å². The van der Waals surface area contributed by atoms with Gasteiger partial charge in [-0.25, -0.2) is 4.98 Å². The van der Waals surface area contributed by atoms with Gasteiger partial charge in [0.25, 0.3) is 0 Å². The summed E-state index contributed by atoms with van der Waals surface area (Å²) in [6.45, 7) is 6.46. The van der Waals surface area contributed by atoms with Gasteiger partial charge in [-0.1, -0.05) is 6.42 Å². The van der Waals surface area contributed by atoms with Gasteiger partial charge in [0, 0.05) is 37.1 Å². The van der Waals surface area contributed by atoms with E-state index in [0.717, 1.165) is 36.2 Å². The van der Waals surface area contributed by atoms with Crippen LogP contribution in [-0.4, -0.2) is 28.5 Å². The number of nitrogens with zero attached hydrogens (tertiary/aromatic N) is 3. The van der Waals surface area contributed by atoms with Crippen molar-refractivity contribution in [2.24, 2.45) is 11.7 Å². The molecule has 1 atom stereocenters. The van der Waals surface area contributed by atoms with Crippen molar-refractivity contribution < 1.29 is 0 Å². The molecular weight excluding hydrogens is 268 g/mol. The van der Waals surface area contributed by atoms with Crippen molar-refractivity contribution in [2.45, 2.75) is 45.6 Å². The number of anilines is 1. The predicted molar refractivity (Wildman–Crippen MR) is 85.7 cm³/mol. The van der Waals surface area contributed by atoms with Crippen LogP contribution in [-0.2, 0) is 6.42 Å². The molecule has 1 aliphatic carbocycles. The number of aromatic nitrogens is 2. The number of imidazole rings is 1. The molecule has 0 saturated heterocycles. The molecule has 0 amide bonds. The summed E-state index contributed by atoms with van der Waals surface area (Å²) in [5, 5.41) is 2.10. The molecule has 2 aromatic heterocycles. The average Bonchev–Trinajstić information content (AvgIpc) is 2.91. The fraction of sp³-hybridized carbons (Fsp3) is 0.667. The molecule has 1 aliphatic rings. The second kappa shape index (κ2) is 5.74. The number of hydrogen-bond donors (Lipinski definition) is 1. The van der Waals surface area contributed by atoms with Gasteiger partial charge in [0.15, 0.2) is 10.8 Å². The van der Waals surface area contributed by atoms with E-state index in [0.29, 0.717) is 0 Å². The van der Waals surface area contributed by atoms with Crippen LogP contribution in [0.15, 0.2) is 11.6 Å². The molecule has 1 saturated carbocycles. The molecular formula is C15H24N4S. The maximum Gasteiger partial charge on any atom is 0.195 e. The van der Waals surface area contributed by atoms with Gasteiger partial charge < -0.3 is 10.6 Å².